The van der Waals surface area contributed by atoms with Gasteiger partial charge < -0.3 is 15.8 Å². The highest BCUT2D eigenvalue weighted by molar-refractivity contribution is 5.95. The van der Waals surface area contributed by atoms with E-state index in [2.05, 4.69) is 15.1 Å². The van der Waals surface area contributed by atoms with Crippen molar-refractivity contribution in [1.82, 2.24) is 9.97 Å². The van der Waals surface area contributed by atoms with E-state index in [0.717, 1.165) is 4.90 Å². The number of amidine groups is 1. The van der Waals surface area contributed by atoms with Crippen molar-refractivity contribution in [1.29, 1.82) is 0 Å². The van der Waals surface area contributed by atoms with E-state index in [1.807, 2.05) is 0 Å². The van der Waals surface area contributed by atoms with Crippen molar-refractivity contribution < 1.29 is 18.4 Å². The maximum atomic E-state index is 12.1. The van der Waals surface area contributed by atoms with E-state index in [1.165, 1.54) is 19.3 Å². The van der Waals surface area contributed by atoms with Crippen molar-refractivity contribution >= 4 is 11.8 Å². The van der Waals surface area contributed by atoms with E-state index < -0.39 is 12.7 Å². The van der Waals surface area contributed by atoms with Crippen LogP contribution in [-0.4, -0.2) is 40.8 Å². The first-order valence-electron chi connectivity index (χ1n) is 4.42. The van der Waals surface area contributed by atoms with Gasteiger partial charge in [0.05, 0.1) is 0 Å². The molecular formula is C8H10F3N5O. The van der Waals surface area contributed by atoms with Crippen molar-refractivity contribution in [2.45, 2.75) is 6.18 Å². The second-order valence-electron chi connectivity index (χ2n) is 3.20. The van der Waals surface area contributed by atoms with Crippen molar-refractivity contribution in [3.63, 3.8) is 0 Å². The fourth-order valence-electron chi connectivity index (χ4n) is 1.07. The van der Waals surface area contributed by atoms with Crippen LogP contribution in [0.3, 0.4) is 0 Å². The predicted octanol–water partition coefficient (Wildman–Crippen LogP) is 0.570. The second-order valence-corrected chi connectivity index (χ2v) is 3.20. The molecule has 0 aliphatic rings. The van der Waals surface area contributed by atoms with Crippen molar-refractivity contribution in [3.05, 3.63) is 18.0 Å². The smallest absolute Gasteiger partial charge is 0.406 e. The summed E-state index contributed by atoms with van der Waals surface area (Å²) in [6, 6.07) is 1.32. The van der Waals surface area contributed by atoms with Gasteiger partial charge in [-0.1, -0.05) is 5.16 Å². The molecule has 1 heterocycles. The minimum absolute atomic E-state index is 0.0477. The molecule has 0 aliphatic heterocycles. The maximum Gasteiger partial charge on any atom is 0.406 e. The van der Waals surface area contributed by atoms with Gasteiger partial charge in [-0.3, -0.25) is 0 Å². The molecule has 0 amide bonds. The zero-order chi connectivity index (χ0) is 13.1. The van der Waals surface area contributed by atoms with E-state index in [1.54, 1.807) is 0 Å². The number of anilines is 1. The molecule has 3 N–H and O–H groups in total. The topological polar surface area (TPSA) is 87.6 Å². The number of halogens is 3. The fraction of sp³-hybridized carbons (Fsp3) is 0.375. The summed E-state index contributed by atoms with van der Waals surface area (Å²) >= 11 is 0. The Labute approximate surface area is 94.6 Å². The Morgan fingerprint density at radius 2 is 2.24 bits per heavy atom. The van der Waals surface area contributed by atoms with Crippen LogP contribution in [0, 0.1) is 0 Å². The van der Waals surface area contributed by atoms with Gasteiger partial charge >= 0.3 is 6.18 Å². The van der Waals surface area contributed by atoms with E-state index in [9.17, 15) is 13.2 Å². The third-order valence-corrected chi connectivity index (χ3v) is 1.77. The Hall–Kier alpha value is -2.06. The lowest BCUT2D eigenvalue weighted by molar-refractivity contribution is -0.119. The molecule has 0 saturated heterocycles. The summed E-state index contributed by atoms with van der Waals surface area (Å²) in [4.78, 5) is 8.20. The first kappa shape index (κ1) is 13.0. The highest BCUT2D eigenvalue weighted by Gasteiger charge is 2.30. The molecule has 0 aromatic carbocycles. The number of alkyl halides is 3. The summed E-state index contributed by atoms with van der Waals surface area (Å²) in [5.74, 6) is -0.458. The van der Waals surface area contributed by atoms with Gasteiger partial charge in [0, 0.05) is 13.2 Å². The maximum absolute atomic E-state index is 12.1. The molecule has 1 aromatic heterocycles. The monoisotopic (exact) mass is 249 g/mol. The molecule has 1 aromatic rings. The molecule has 17 heavy (non-hydrogen) atoms. The molecular weight excluding hydrogens is 239 g/mol. The molecule has 94 valence electrons. The molecule has 0 spiro atoms. The van der Waals surface area contributed by atoms with Crippen LogP contribution >= 0.6 is 0 Å². The minimum Gasteiger partial charge on any atom is -0.409 e. The number of hydrogen-bond acceptors (Lipinski definition) is 5. The first-order valence-corrected chi connectivity index (χ1v) is 4.42. The number of oxime groups is 1. The Balaban J connectivity index is 2.92. The van der Waals surface area contributed by atoms with E-state index >= 15 is 0 Å². The molecule has 0 unspecified atom stereocenters. The van der Waals surface area contributed by atoms with Gasteiger partial charge in [-0.2, -0.15) is 13.2 Å². The lowest BCUT2D eigenvalue weighted by Crippen LogP contribution is -2.32. The highest BCUT2D eigenvalue weighted by Crippen LogP contribution is 2.18. The zero-order valence-corrected chi connectivity index (χ0v) is 8.81. The minimum atomic E-state index is -4.36. The van der Waals surface area contributed by atoms with Crippen LogP contribution in [0.25, 0.3) is 0 Å². The van der Waals surface area contributed by atoms with Gasteiger partial charge in [-0.05, 0) is 6.07 Å². The largest absolute Gasteiger partial charge is 0.409 e. The summed E-state index contributed by atoms with van der Waals surface area (Å²) in [6.07, 6.45) is -3.13. The molecule has 0 bridgehead atoms. The van der Waals surface area contributed by atoms with Crippen LogP contribution in [0.4, 0.5) is 19.1 Å². The van der Waals surface area contributed by atoms with Crippen LogP contribution in [-0.2, 0) is 0 Å². The summed E-state index contributed by atoms with van der Waals surface area (Å²) in [5.41, 5.74) is 5.31. The number of nitrogens with zero attached hydrogens (tertiary/aromatic N) is 4. The Bertz CT molecular complexity index is 420. The summed E-state index contributed by atoms with van der Waals surface area (Å²) < 4.78 is 36.4. The number of nitrogens with two attached hydrogens (primary N) is 1. The van der Waals surface area contributed by atoms with Gasteiger partial charge in [0.15, 0.2) is 5.84 Å². The van der Waals surface area contributed by atoms with E-state index in [0.29, 0.717) is 0 Å². The van der Waals surface area contributed by atoms with Crippen LogP contribution in [0.15, 0.2) is 17.4 Å². The van der Waals surface area contributed by atoms with E-state index in [-0.39, 0.29) is 17.5 Å². The first-order chi connectivity index (χ1) is 7.83. The van der Waals surface area contributed by atoms with Gasteiger partial charge in [-0.15, -0.1) is 0 Å². The fourth-order valence-corrected chi connectivity index (χ4v) is 1.07. The highest BCUT2D eigenvalue weighted by atomic mass is 19.4. The molecule has 0 radical (unpaired) electrons. The molecule has 0 saturated carbocycles. The Kier molecular flexibility index (Phi) is 3.71. The molecule has 0 atom stereocenters. The van der Waals surface area contributed by atoms with Gasteiger partial charge in [0.25, 0.3) is 0 Å². The molecule has 6 nitrogen and oxygen atoms in total. The average molecular weight is 249 g/mol. The predicted molar refractivity (Wildman–Crippen MR) is 53.9 cm³/mol. The van der Waals surface area contributed by atoms with Gasteiger partial charge in [0.2, 0.25) is 5.95 Å². The third-order valence-electron chi connectivity index (χ3n) is 1.77. The van der Waals surface area contributed by atoms with Crippen LogP contribution in [0.2, 0.25) is 0 Å². The number of aromatic nitrogens is 2. The molecule has 1 rings (SSSR count). The lowest BCUT2D eigenvalue weighted by atomic mass is 10.4. The third kappa shape index (κ3) is 3.78. The molecule has 0 fully saturated rings. The summed E-state index contributed by atoms with van der Waals surface area (Å²) in [5, 5.41) is 11.1. The number of hydrogen-bond donors (Lipinski definition) is 2. The average Bonchev–Trinajstić information content (AvgIpc) is 2.26. The van der Waals surface area contributed by atoms with Crippen LogP contribution in [0.5, 0.6) is 0 Å². The van der Waals surface area contributed by atoms with Crippen LogP contribution < -0.4 is 10.6 Å². The summed E-state index contributed by atoms with van der Waals surface area (Å²) in [6.45, 7) is -1.19. The number of rotatable bonds is 3. The second kappa shape index (κ2) is 4.85. The van der Waals surface area contributed by atoms with Crippen molar-refractivity contribution in [2.75, 3.05) is 18.5 Å². The van der Waals surface area contributed by atoms with E-state index in [4.69, 9.17) is 10.9 Å². The SMILES string of the molecule is CN(CC(F)(F)F)c1nccc(/C(N)=N/O)n1. The Morgan fingerprint density at radius 1 is 1.59 bits per heavy atom. The Morgan fingerprint density at radius 3 is 2.76 bits per heavy atom. The van der Waals surface area contributed by atoms with Crippen LogP contribution in [0.1, 0.15) is 5.69 Å². The standard InChI is InChI=1S/C8H10F3N5O/c1-16(4-8(9,10)11)7-13-3-2-5(14-7)6(12)15-17/h2-3,17H,4H2,1H3,(H2,12,15). The molecule has 0 aliphatic carbocycles. The quantitative estimate of drug-likeness (QED) is 0.354. The van der Waals surface area contributed by atoms with Crippen molar-refractivity contribution in [2.24, 2.45) is 10.9 Å². The van der Waals surface area contributed by atoms with Gasteiger partial charge in [-0.25, -0.2) is 9.97 Å². The van der Waals surface area contributed by atoms with Gasteiger partial charge in [0.1, 0.15) is 12.2 Å². The molecule has 9 heteroatoms. The lowest BCUT2D eigenvalue weighted by Gasteiger charge is -2.18. The normalized spacial score (nSPS) is 12.6. The zero-order valence-electron chi connectivity index (χ0n) is 8.81. The summed E-state index contributed by atoms with van der Waals surface area (Å²) in [7, 11) is 1.19. The van der Waals surface area contributed by atoms with Crippen molar-refractivity contribution in [3.8, 4) is 0 Å².